The van der Waals surface area contributed by atoms with Crippen molar-refractivity contribution in [1.29, 1.82) is 0 Å². The number of carbonyl (C=O) groups is 2. The SMILES string of the molecule is CCc1c(F)ccc2cc(O)cc(-c3ncc4c(N5CCC[C@@](C)(O)C5)nc(OCC5(CN6CCC(CN7CCN(c8cc(F)c(C9CCC(=O)NC9=O)c(F)c8)CC7)(C(C)C)CC6)CC5)nc4c3F)c12. The second kappa shape index (κ2) is 19.1. The maximum absolute atomic E-state index is 17.2. The summed E-state index contributed by atoms with van der Waals surface area (Å²) in [6.07, 6.45) is 7.27. The van der Waals surface area contributed by atoms with Crippen LogP contribution in [0.2, 0.25) is 0 Å². The van der Waals surface area contributed by atoms with Crippen LogP contribution in [0.4, 0.5) is 29.1 Å². The van der Waals surface area contributed by atoms with Gasteiger partial charge in [-0.1, -0.05) is 26.8 Å². The molecule has 0 spiro atoms. The van der Waals surface area contributed by atoms with Crippen molar-refractivity contribution in [3.63, 3.8) is 0 Å². The molecule has 1 aliphatic carbocycles. The number of β-amino-alcohol motifs (C(OH)–C–C–N with tert-alkyl or cyclic N) is 1. The third-order valence-electron chi connectivity index (χ3n) is 16.4. The fourth-order valence-corrected chi connectivity index (χ4v) is 11.9. The van der Waals surface area contributed by atoms with Crippen LogP contribution < -0.4 is 19.9 Å². The highest BCUT2D eigenvalue weighted by Crippen LogP contribution is 2.49. The number of piperazine rings is 1. The summed E-state index contributed by atoms with van der Waals surface area (Å²) in [5.41, 5.74) is -0.286. The molecule has 5 aliphatic rings. The molecule has 3 aromatic carbocycles. The Hall–Kier alpha value is -5.65. The van der Waals surface area contributed by atoms with Crippen LogP contribution in [-0.2, 0) is 16.0 Å². The number of aliphatic hydroxyl groups is 1. The number of ether oxygens (including phenoxy) is 1. The molecule has 0 radical (unpaired) electrons. The van der Waals surface area contributed by atoms with Crippen molar-refractivity contribution < 1.29 is 42.1 Å². The Morgan fingerprint density at radius 2 is 1.58 bits per heavy atom. The standard InChI is InChI=1S/C54H64F4N8O5/c1-5-36-40(55)9-7-33-23-35(67)26-38(44(33)36)47-46(58)48-39(27-59-47)49(66-16-6-11-52(4,70)28-66)62-51(61-48)71-31-53(12-13-53)29-63-17-14-54(15-18-63,32(2)3)30-64-19-21-65(22-20-64)34-24-41(56)45(42(57)25-34)37-8-10-43(68)60-50(37)69/h7,9,23-27,32,37,67,70H,5-6,8,10-22,28-31H2,1-4H3,(H,60,68,69)/t37?,52-/m1/s1. The summed E-state index contributed by atoms with van der Waals surface area (Å²) in [6, 6.07) is 8.51. The number of aromatic hydroxyl groups is 1. The van der Waals surface area contributed by atoms with Crippen molar-refractivity contribution in [1.82, 2.24) is 30.1 Å². The fourth-order valence-electron chi connectivity index (χ4n) is 11.9. The first-order chi connectivity index (χ1) is 33.9. The molecule has 5 fully saturated rings. The van der Waals surface area contributed by atoms with Crippen LogP contribution in [0.5, 0.6) is 11.8 Å². The number of aromatic nitrogens is 3. The highest BCUT2D eigenvalue weighted by atomic mass is 19.1. The quantitative estimate of drug-likeness (QED) is 0.0771. The number of hydrogen-bond donors (Lipinski definition) is 3. The molecule has 0 bridgehead atoms. The van der Waals surface area contributed by atoms with Gasteiger partial charge in [-0.15, -0.1) is 0 Å². The topological polar surface area (TPSA) is 147 Å². The van der Waals surface area contributed by atoms with Crippen LogP contribution in [0, 0.1) is 40.0 Å². The minimum absolute atomic E-state index is 0.0121. The van der Waals surface area contributed by atoms with Gasteiger partial charge in [0.1, 0.15) is 40.2 Å². The number of likely N-dealkylation sites (tertiary alicyclic amines) is 1. The van der Waals surface area contributed by atoms with Crippen molar-refractivity contribution >= 4 is 45.0 Å². The summed E-state index contributed by atoms with van der Waals surface area (Å²) in [5, 5.41) is 25.4. The van der Waals surface area contributed by atoms with Crippen molar-refractivity contribution in [3.8, 4) is 23.0 Å². The fraction of sp³-hybridized carbons (Fsp3) is 0.537. The largest absolute Gasteiger partial charge is 0.508 e. The molecular weight excluding hydrogens is 917 g/mol. The predicted molar refractivity (Wildman–Crippen MR) is 264 cm³/mol. The molecule has 10 rings (SSSR count). The summed E-state index contributed by atoms with van der Waals surface area (Å²) in [6.45, 7) is 15.8. The highest BCUT2D eigenvalue weighted by molar-refractivity contribution is 6.02. The maximum Gasteiger partial charge on any atom is 0.319 e. The van der Waals surface area contributed by atoms with Crippen LogP contribution in [0.1, 0.15) is 96.1 Å². The minimum Gasteiger partial charge on any atom is -0.508 e. The molecule has 6 heterocycles. The van der Waals surface area contributed by atoms with Gasteiger partial charge < -0.3 is 29.6 Å². The van der Waals surface area contributed by atoms with Gasteiger partial charge in [0, 0.05) is 87.2 Å². The van der Waals surface area contributed by atoms with E-state index in [1.807, 2.05) is 16.7 Å². The Balaban J connectivity index is 0.814. The number of benzene rings is 3. The summed E-state index contributed by atoms with van der Waals surface area (Å²) < 4.78 is 69.7. The number of phenols is 1. The van der Waals surface area contributed by atoms with Gasteiger partial charge in [-0.05, 0) is 129 Å². The lowest BCUT2D eigenvalue weighted by Crippen LogP contribution is -2.54. The van der Waals surface area contributed by atoms with Crippen molar-refractivity contribution in [2.24, 2.45) is 16.7 Å². The number of rotatable bonds is 13. The third kappa shape index (κ3) is 9.73. The van der Waals surface area contributed by atoms with E-state index in [0.717, 1.165) is 65.0 Å². The molecule has 3 N–H and O–H groups in total. The summed E-state index contributed by atoms with van der Waals surface area (Å²) in [4.78, 5) is 47.1. The van der Waals surface area contributed by atoms with Crippen molar-refractivity contribution in [3.05, 3.63) is 77.0 Å². The number of halogens is 4. The zero-order valence-corrected chi connectivity index (χ0v) is 41.1. The van der Waals surface area contributed by atoms with E-state index in [2.05, 4.69) is 33.9 Å². The van der Waals surface area contributed by atoms with Gasteiger partial charge in [-0.25, -0.2) is 17.6 Å². The van der Waals surface area contributed by atoms with Gasteiger partial charge in [0.25, 0.3) is 0 Å². The van der Waals surface area contributed by atoms with Crippen LogP contribution in [0.25, 0.3) is 32.9 Å². The lowest BCUT2D eigenvalue weighted by molar-refractivity contribution is -0.134. The molecule has 2 aromatic heterocycles. The molecule has 71 heavy (non-hydrogen) atoms. The number of imide groups is 1. The average molecular weight is 981 g/mol. The first-order valence-electron chi connectivity index (χ1n) is 25.4. The van der Waals surface area contributed by atoms with E-state index in [4.69, 9.17) is 14.7 Å². The Morgan fingerprint density at radius 3 is 2.24 bits per heavy atom. The number of pyridine rings is 1. The van der Waals surface area contributed by atoms with Gasteiger partial charge in [0.05, 0.1) is 23.5 Å². The molecule has 13 nitrogen and oxygen atoms in total. The zero-order valence-electron chi connectivity index (χ0n) is 41.1. The third-order valence-corrected chi connectivity index (χ3v) is 16.4. The molecule has 17 heteroatoms. The summed E-state index contributed by atoms with van der Waals surface area (Å²) >= 11 is 0. The predicted octanol–water partition coefficient (Wildman–Crippen LogP) is 8.26. The lowest BCUT2D eigenvalue weighted by atomic mass is 9.69. The van der Waals surface area contributed by atoms with Crippen molar-refractivity contribution in [2.75, 3.05) is 81.9 Å². The monoisotopic (exact) mass is 980 g/mol. The van der Waals surface area contributed by atoms with Gasteiger partial charge in [-0.3, -0.25) is 24.8 Å². The smallest absolute Gasteiger partial charge is 0.319 e. The van der Waals surface area contributed by atoms with Crippen molar-refractivity contribution in [2.45, 2.75) is 97.0 Å². The first-order valence-corrected chi connectivity index (χ1v) is 25.4. The van der Waals surface area contributed by atoms with E-state index < -0.39 is 46.6 Å². The molecule has 2 amide bonds. The minimum atomic E-state index is -1.03. The number of fused-ring (bicyclic) bond motifs is 2. The number of nitrogens with one attached hydrogen (secondary N) is 1. The maximum atomic E-state index is 17.2. The number of aryl methyl sites for hydroxylation is 1. The van der Waals surface area contributed by atoms with Gasteiger partial charge in [0.15, 0.2) is 5.82 Å². The molecular formula is C54H64F4N8O5. The van der Waals surface area contributed by atoms with E-state index >= 15 is 17.6 Å². The number of phenolic OH excluding ortho intramolecular Hbond substituents is 1. The Labute approximate surface area is 411 Å². The summed E-state index contributed by atoms with van der Waals surface area (Å²) in [5.74, 6) is -4.09. The van der Waals surface area contributed by atoms with Crippen LogP contribution in [0.15, 0.2) is 42.6 Å². The molecule has 4 aliphatic heterocycles. The number of hydrogen-bond acceptors (Lipinski definition) is 12. The van der Waals surface area contributed by atoms with Crippen LogP contribution >= 0.6 is 0 Å². The number of anilines is 2. The second-order valence-electron chi connectivity index (χ2n) is 21.7. The Kier molecular flexibility index (Phi) is 13.2. The number of piperidine rings is 3. The molecule has 1 saturated carbocycles. The van der Waals surface area contributed by atoms with E-state index in [0.29, 0.717) is 84.6 Å². The molecule has 378 valence electrons. The van der Waals surface area contributed by atoms with Crippen LogP contribution in [-0.4, -0.2) is 124 Å². The molecule has 4 saturated heterocycles. The lowest BCUT2D eigenvalue weighted by Gasteiger charge is -2.49. The second-order valence-corrected chi connectivity index (χ2v) is 21.7. The van der Waals surface area contributed by atoms with E-state index in [1.165, 1.54) is 36.5 Å². The van der Waals surface area contributed by atoms with Gasteiger partial charge in [-0.2, -0.15) is 9.97 Å². The normalized spacial score (nSPS) is 22.9. The van der Waals surface area contributed by atoms with Gasteiger partial charge in [0.2, 0.25) is 11.8 Å². The number of nitrogens with zero attached hydrogens (tertiary/aromatic N) is 7. The first kappa shape index (κ1) is 49.0. The number of carbonyl (C=O) groups excluding carboxylic acids is 2. The van der Waals surface area contributed by atoms with Gasteiger partial charge >= 0.3 is 6.01 Å². The zero-order chi connectivity index (χ0) is 50.0. The van der Waals surface area contributed by atoms with E-state index in [-0.39, 0.29) is 64.3 Å². The average Bonchev–Trinajstić information content (AvgIpc) is 4.10. The number of amides is 2. The summed E-state index contributed by atoms with van der Waals surface area (Å²) in [7, 11) is 0. The van der Waals surface area contributed by atoms with E-state index in [1.54, 1.807) is 13.0 Å². The molecule has 5 aromatic rings. The Morgan fingerprint density at radius 1 is 0.859 bits per heavy atom. The molecule has 2 atom stereocenters. The molecule has 1 unspecified atom stereocenters. The van der Waals surface area contributed by atoms with E-state index in [9.17, 15) is 19.8 Å². The van der Waals surface area contributed by atoms with Crippen LogP contribution in [0.3, 0.4) is 0 Å². The Bertz CT molecular complexity index is 2860. The highest BCUT2D eigenvalue weighted by Gasteiger charge is 2.47.